The van der Waals surface area contributed by atoms with Gasteiger partial charge >= 0.3 is 5.92 Å². The van der Waals surface area contributed by atoms with Crippen LogP contribution in [0, 0.1) is 11.8 Å². The maximum atomic E-state index is 14.4. The molecule has 0 bridgehead atoms. The van der Waals surface area contributed by atoms with E-state index in [9.17, 15) is 23.5 Å². The molecule has 7 nitrogen and oxygen atoms in total. The van der Waals surface area contributed by atoms with Crippen molar-refractivity contribution >= 4 is 23.2 Å². The summed E-state index contributed by atoms with van der Waals surface area (Å²) in [5.74, 6) is 0.543. The van der Waals surface area contributed by atoms with Gasteiger partial charge in [0, 0.05) is 24.1 Å². The van der Waals surface area contributed by atoms with Gasteiger partial charge in [-0.1, -0.05) is 11.8 Å². The molecule has 1 atom stereocenters. The van der Waals surface area contributed by atoms with Crippen molar-refractivity contribution in [3.63, 3.8) is 0 Å². The number of hydrogen-bond acceptors (Lipinski definition) is 6. The van der Waals surface area contributed by atoms with Gasteiger partial charge in [0.1, 0.15) is 10.6 Å². The fourth-order valence-corrected chi connectivity index (χ4v) is 3.81. The smallest absolute Gasteiger partial charge is 0.317 e. The molecule has 1 saturated heterocycles. The molecule has 0 aliphatic carbocycles. The second-order valence-corrected chi connectivity index (χ2v) is 7.38. The van der Waals surface area contributed by atoms with Crippen LogP contribution in [0.25, 0.3) is 11.3 Å². The van der Waals surface area contributed by atoms with Crippen LogP contribution >= 0.6 is 11.3 Å². The Morgan fingerprint density at radius 3 is 2.89 bits per heavy atom. The summed E-state index contributed by atoms with van der Waals surface area (Å²) in [5, 5.41) is 12.5. The number of halogens is 2. The number of nitrogens with two attached hydrogens (primary N) is 1. The van der Waals surface area contributed by atoms with Gasteiger partial charge in [0.25, 0.3) is 11.8 Å². The Morgan fingerprint density at radius 2 is 2.21 bits per heavy atom. The van der Waals surface area contributed by atoms with Gasteiger partial charge in [0.05, 0.1) is 5.69 Å². The third kappa shape index (κ3) is 2.98. The molecule has 2 amide bonds. The quantitative estimate of drug-likeness (QED) is 0.613. The number of primary amides is 1. The number of ether oxygens (including phenoxy) is 1. The predicted octanol–water partition coefficient (Wildman–Crippen LogP) is 0.996. The first-order valence-corrected chi connectivity index (χ1v) is 9.01. The van der Waals surface area contributed by atoms with Gasteiger partial charge in [0.2, 0.25) is 5.60 Å². The zero-order valence-corrected chi connectivity index (χ0v) is 15.0. The lowest BCUT2D eigenvalue weighted by molar-refractivity contribution is -0.130. The molecule has 1 aromatic heterocycles. The predicted molar refractivity (Wildman–Crippen MR) is 94.9 cm³/mol. The third-order valence-electron chi connectivity index (χ3n) is 4.38. The topological polar surface area (TPSA) is 115 Å². The highest BCUT2D eigenvalue weighted by atomic mass is 32.1. The minimum atomic E-state index is -3.34. The van der Waals surface area contributed by atoms with Crippen molar-refractivity contribution in [3.8, 4) is 28.8 Å². The fourth-order valence-electron chi connectivity index (χ4n) is 2.92. The van der Waals surface area contributed by atoms with E-state index in [4.69, 9.17) is 10.5 Å². The number of carbonyl (C=O) groups excluding carboxylic acids is 2. The average Bonchev–Trinajstić information content (AvgIpc) is 3.21. The maximum absolute atomic E-state index is 14.4. The summed E-state index contributed by atoms with van der Waals surface area (Å²) in [5.41, 5.74) is 3.89. The van der Waals surface area contributed by atoms with E-state index in [-0.39, 0.29) is 28.4 Å². The van der Waals surface area contributed by atoms with Crippen LogP contribution in [0.5, 0.6) is 5.75 Å². The van der Waals surface area contributed by atoms with E-state index < -0.39 is 34.8 Å². The summed E-state index contributed by atoms with van der Waals surface area (Å²) in [6.45, 7) is -0.590. The summed E-state index contributed by atoms with van der Waals surface area (Å²) < 4.78 is 34.1. The Morgan fingerprint density at radius 1 is 1.43 bits per heavy atom. The van der Waals surface area contributed by atoms with Crippen LogP contribution in [0.4, 0.5) is 8.78 Å². The summed E-state index contributed by atoms with van der Waals surface area (Å²) in [7, 11) is 0. The summed E-state index contributed by atoms with van der Waals surface area (Å²) in [4.78, 5) is 26.7. The van der Waals surface area contributed by atoms with E-state index in [1.54, 1.807) is 0 Å². The molecule has 1 unspecified atom stereocenters. The minimum Gasteiger partial charge on any atom is -0.486 e. The highest BCUT2D eigenvalue weighted by molar-refractivity contribution is 7.14. The first kappa shape index (κ1) is 18.3. The number of rotatable bonds is 1. The van der Waals surface area contributed by atoms with E-state index in [1.807, 2.05) is 0 Å². The molecule has 1 fully saturated rings. The molecule has 4 N–H and O–H groups in total. The molecule has 0 radical (unpaired) electrons. The number of carbonyl (C=O) groups is 2. The average molecular weight is 405 g/mol. The number of benzene rings is 1. The lowest BCUT2D eigenvalue weighted by Crippen LogP contribution is -2.36. The minimum absolute atomic E-state index is 0.0997. The molecule has 4 rings (SSSR count). The van der Waals surface area contributed by atoms with Crippen LogP contribution < -0.4 is 15.8 Å². The Hall–Kier alpha value is -3.03. The summed E-state index contributed by atoms with van der Waals surface area (Å²) in [6.07, 6.45) is 0.150. The molecular weight excluding hydrogens is 392 g/mol. The van der Waals surface area contributed by atoms with Crippen molar-refractivity contribution in [2.75, 3.05) is 13.2 Å². The molecule has 2 aliphatic heterocycles. The van der Waals surface area contributed by atoms with Crippen LogP contribution in [0.15, 0.2) is 18.2 Å². The van der Waals surface area contributed by atoms with Gasteiger partial charge in [0.15, 0.2) is 11.6 Å². The van der Waals surface area contributed by atoms with Crippen LogP contribution in [-0.2, 0) is 10.7 Å². The molecule has 28 heavy (non-hydrogen) atoms. The van der Waals surface area contributed by atoms with Crippen molar-refractivity contribution in [1.82, 2.24) is 10.3 Å². The number of amides is 2. The number of nitrogens with one attached hydrogen (secondary N) is 1. The standard InChI is InChI=1S/C18H13F2N3O4S/c19-18(20)8-27-11-2-1-9(3-4-17(26)5-6-22-16(17)25)7-10(11)12-13(18)28-15(23-12)14(21)24/h1-2,7,26H,5-6,8H2,(H2,21,24)(H,22,25). The number of alkyl halides is 2. The van der Waals surface area contributed by atoms with Crippen LogP contribution in [0.1, 0.15) is 26.7 Å². The van der Waals surface area contributed by atoms with Crippen molar-refractivity contribution in [3.05, 3.63) is 33.6 Å². The number of fused-ring (bicyclic) bond motifs is 3. The molecule has 3 heterocycles. The van der Waals surface area contributed by atoms with Gasteiger partial charge in [-0.15, -0.1) is 11.3 Å². The number of hydrogen-bond donors (Lipinski definition) is 3. The lowest BCUT2D eigenvalue weighted by Gasteiger charge is -2.12. The first-order valence-electron chi connectivity index (χ1n) is 8.20. The fraction of sp³-hybridized carbons (Fsp3) is 0.278. The van der Waals surface area contributed by atoms with Gasteiger partial charge in [-0.25, -0.2) is 4.98 Å². The third-order valence-corrected chi connectivity index (χ3v) is 5.56. The zero-order valence-electron chi connectivity index (χ0n) is 14.2. The van der Waals surface area contributed by atoms with Gasteiger partial charge in [-0.3, -0.25) is 9.59 Å². The summed E-state index contributed by atoms with van der Waals surface area (Å²) >= 11 is 0.522. The normalized spacial score (nSPS) is 22.0. The van der Waals surface area contributed by atoms with Crippen LogP contribution in [-0.4, -0.2) is 40.7 Å². The maximum Gasteiger partial charge on any atom is 0.317 e. The second-order valence-electron chi connectivity index (χ2n) is 6.38. The SMILES string of the molecule is NC(=O)c1nc2c(s1)C(F)(F)COc1ccc(C#CC3(O)CCNC3=O)cc1-2. The van der Waals surface area contributed by atoms with Crippen LogP contribution in [0.3, 0.4) is 0 Å². The zero-order chi connectivity index (χ0) is 20.1. The monoisotopic (exact) mass is 405 g/mol. The van der Waals surface area contributed by atoms with Crippen molar-refractivity contribution < 1.29 is 28.2 Å². The van der Waals surface area contributed by atoms with E-state index in [2.05, 4.69) is 22.1 Å². The summed E-state index contributed by atoms with van der Waals surface area (Å²) in [6, 6.07) is 4.43. The first-order chi connectivity index (χ1) is 13.2. The van der Waals surface area contributed by atoms with Gasteiger partial charge in [-0.05, 0) is 18.2 Å². The molecular formula is C18H13F2N3O4S. The highest BCUT2D eigenvalue weighted by Gasteiger charge is 2.42. The molecule has 0 saturated carbocycles. The van der Waals surface area contributed by atoms with Gasteiger partial charge in [-0.2, -0.15) is 8.78 Å². The Kier molecular flexibility index (Phi) is 4.10. The molecule has 2 aromatic rings. The van der Waals surface area contributed by atoms with Crippen molar-refractivity contribution in [2.45, 2.75) is 17.9 Å². The molecule has 0 spiro atoms. The van der Waals surface area contributed by atoms with Crippen LogP contribution in [0.2, 0.25) is 0 Å². The number of thiazole rings is 1. The van der Waals surface area contributed by atoms with E-state index >= 15 is 0 Å². The molecule has 1 aromatic carbocycles. The second kappa shape index (κ2) is 6.25. The number of aliphatic hydroxyl groups is 1. The molecule has 10 heteroatoms. The van der Waals surface area contributed by atoms with Gasteiger partial charge < -0.3 is 20.9 Å². The van der Waals surface area contributed by atoms with Crippen molar-refractivity contribution in [1.29, 1.82) is 0 Å². The molecule has 2 aliphatic rings. The van der Waals surface area contributed by atoms with E-state index in [0.29, 0.717) is 23.4 Å². The Bertz CT molecular complexity index is 1070. The number of nitrogens with zero attached hydrogens (tertiary/aromatic N) is 1. The van der Waals surface area contributed by atoms with Crippen molar-refractivity contribution in [2.24, 2.45) is 5.73 Å². The Labute approximate surface area is 161 Å². The Balaban J connectivity index is 1.81. The lowest BCUT2D eigenvalue weighted by atomic mass is 10.0. The van der Waals surface area contributed by atoms with E-state index in [0.717, 1.165) is 0 Å². The highest BCUT2D eigenvalue weighted by Crippen LogP contribution is 2.46. The largest absolute Gasteiger partial charge is 0.486 e. The molecule has 144 valence electrons. The van der Waals surface area contributed by atoms with E-state index in [1.165, 1.54) is 18.2 Å². The number of aromatic nitrogens is 1.